The summed E-state index contributed by atoms with van der Waals surface area (Å²) in [6.45, 7) is 0.591. The van der Waals surface area contributed by atoms with Gasteiger partial charge in [0.2, 0.25) is 5.91 Å². The summed E-state index contributed by atoms with van der Waals surface area (Å²) < 4.78 is 11.0. The molecule has 8 nitrogen and oxygen atoms in total. The number of carboxylic acid groups (broad SMARTS) is 1. The fourth-order valence-corrected chi connectivity index (χ4v) is 4.05. The molecule has 1 aromatic carbocycles. The smallest absolute Gasteiger partial charge is 0.292 e. The Morgan fingerprint density at radius 3 is 2.41 bits per heavy atom. The zero-order chi connectivity index (χ0) is 20.4. The predicted octanol–water partition coefficient (Wildman–Crippen LogP) is 0.432. The van der Waals surface area contributed by atoms with Crippen LogP contribution in [0.1, 0.15) is 29.0 Å². The van der Waals surface area contributed by atoms with Crippen molar-refractivity contribution in [3.05, 3.63) is 60.1 Å². The molecule has 0 unspecified atom stereocenters. The first kappa shape index (κ1) is 19.2. The second kappa shape index (κ2) is 7.71. The maximum atomic E-state index is 12.9. The summed E-state index contributed by atoms with van der Waals surface area (Å²) in [5, 5.41) is 11.6. The van der Waals surface area contributed by atoms with E-state index in [4.69, 9.17) is 9.15 Å². The largest absolute Gasteiger partial charge is 0.548 e. The molecule has 2 aromatic rings. The summed E-state index contributed by atoms with van der Waals surface area (Å²) in [4.78, 5) is 40.1. The van der Waals surface area contributed by atoms with Gasteiger partial charge in [0, 0.05) is 25.9 Å². The van der Waals surface area contributed by atoms with Crippen molar-refractivity contribution in [1.82, 2.24) is 9.80 Å². The number of carbonyl (C=O) groups is 3. The molecule has 2 aliphatic rings. The van der Waals surface area contributed by atoms with Gasteiger partial charge in [0.1, 0.15) is 5.72 Å². The van der Waals surface area contributed by atoms with Crippen molar-refractivity contribution in [3.63, 3.8) is 0 Å². The lowest BCUT2D eigenvalue weighted by Gasteiger charge is -2.44. The van der Waals surface area contributed by atoms with Crippen LogP contribution in [0.2, 0.25) is 0 Å². The monoisotopic (exact) mass is 397 g/mol. The lowest BCUT2D eigenvalue weighted by Crippen LogP contribution is -2.60. The third kappa shape index (κ3) is 3.63. The number of likely N-dealkylation sites (tertiary alicyclic amines) is 1. The van der Waals surface area contributed by atoms with Crippen LogP contribution in [0.3, 0.4) is 0 Å². The highest BCUT2D eigenvalue weighted by Gasteiger charge is 2.53. The molecule has 29 heavy (non-hydrogen) atoms. The SMILES string of the molecule is O=C([O-])[C@@H]1COC2(CCN(C(=O)Cc3ccccc3)CC2)N1C(=O)c1ccco1. The number of piperidine rings is 1. The van der Waals surface area contributed by atoms with Gasteiger partial charge in [-0.2, -0.15) is 0 Å². The minimum atomic E-state index is -1.37. The van der Waals surface area contributed by atoms with E-state index in [0.717, 1.165) is 5.56 Å². The van der Waals surface area contributed by atoms with Gasteiger partial charge in [-0.25, -0.2) is 0 Å². The van der Waals surface area contributed by atoms with Crippen LogP contribution in [-0.4, -0.2) is 59.0 Å². The van der Waals surface area contributed by atoms with Crippen molar-refractivity contribution in [1.29, 1.82) is 0 Å². The highest BCUT2D eigenvalue weighted by atomic mass is 16.5. The van der Waals surface area contributed by atoms with Crippen molar-refractivity contribution >= 4 is 17.8 Å². The normalized spacial score (nSPS) is 20.8. The zero-order valence-electron chi connectivity index (χ0n) is 15.8. The number of hydrogen-bond donors (Lipinski definition) is 0. The van der Waals surface area contributed by atoms with E-state index in [1.165, 1.54) is 17.2 Å². The summed E-state index contributed by atoms with van der Waals surface area (Å²) in [6.07, 6.45) is 2.30. The van der Waals surface area contributed by atoms with Crippen LogP contribution in [0.25, 0.3) is 0 Å². The van der Waals surface area contributed by atoms with Crippen molar-refractivity contribution < 1.29 is 28.6 Å². The fraction of sp³-hybridized carbons (Fsp3) is 0.381. The molecule has 8 heteroatoms. The Morgan fingerprint density at radius 1 is 1.07 bits per heavy atom. The van der Waals surface area contributed by atoms with Crippen LogP contribution in [0.15, 0.2) is 53.1 Å². The van der Waals surface area contributed by atoms with Gasteiger partial charge < -0.3 is 24.0 Å². The van der Waals surface area contributed by atoms with E-state index in [2.05, 4.69) is 0 Å². The molecule has 1 atom stereocenters. The lowest BCUT2D eigenvalue weighted by atomic mass is 9.96. The summed E-state index contributed by atoms with van der Waals surface area (Å²) in [5.41, 5.74) is -0.153. The lowest BCUT2D eigenvalue weighted by molar-refractivity contribution is -0.310. The molecule has 2 saturated heterocycles. The Bertz CT molecular complexity index is 887. The van der Waals surface area contributed by atoms with Gasteiger partial charge in [-0.15, -0.1) is 0 Å². The van der Waals surface area contributed by atoms with Gasteiger partial charge in [0.15, 0.2) is 5.76 Å². The second-order valence-corrected chi connectivity index (χ2v) is 7.29. The first-order valence-electron chi connectivity index (χ1n) is 9.54. The molecule has 1 aromatic heterocycles. The maximum absolute atomic E-state index is 12.9. The molecule has 1 spiro atoms. The second-order valence-electron chi connectivity index (χ2n) is 7.29. The van der Waals surface area contributed by atoms with Crippen LogP contribution in [0.5, 0.6) is 0 Å². The van der Waals surface area contributed by atoms with Crippen LogP contribution >= 0.6 is 0 Å². The standard InChI is InChI=1S/C21H22N2O6/c24-18(13-15-5-2-1-3-6-15)22-10-8-21(9-11-22)23(16(14-29-21)20(26)27)19(25)17-7-4-12-28-17/h1-7,12,16H,8-11,13-14H2,(H,26,27)/p-1/t16-/m0/s1. The Balaban J connectivity index is 1.48. The van der Waals surface area contributed by atoms with Crippen LogP contribution in [0, 0.1) is 0 Å². The summed E-state index contributed by atoms with van der Waals surface area (Å²) >= 11 is 0. The van der Waals surface area contributed by atoms with E-state index in [9.17, 15) is 19.5 Å². The van der Waals surface area contributed by atoms with Crippen molar-refractivity contribution in [2.45, 2.75) is 31.0 Å². The molecule has 2 amide bonds. The van der Waals surface area contributed by atoms with Crippen LogP contribution < -0.4 is 5.11 Å². The Kier molecular flexibility index (Phi) is 5.10. The third-order valence-corrected chi connectivity index (χ3v) is 5.58. The molecule has 3 heterocycles. The Morgan fingerprint density at radius 2 is 1.79 bits per heavy atom. The first-order valence-corrected chi connectivity index (χ1v) is 9.54. The third-order valence-electron chi connectivity index (χ3n) is 5.58. The number of rotatable bonds is 4. The van der Waals surface area contributed by atoms with E-state index in [1.807, 2.05) is 30.3 Å². The molecule has 4 rings (SSSR count). The Hall–Kier alpha value is -3.13. The number of carbonyl (C=O) groups excluding carboxylic acids is 3. The van der Waals surface area contributed by atoms with Crippen LogP contribution in [0.4, 0.5) is 0 Å². The van der Waals surface area contributed by atoms with Gasteiger partial charge in [0.25, 0.3) is 5.91 Å². The van der Waals surface area contributed by atoms with E-state index < -0.39 is 23.6 Å². The van der Waals surface area contributed by atoms with Crippen molar-refractivity contribution in [2.75, 3.05) is 19.7 Å². The molecular formula is C21H21N2O6-. The predicted molar refractivity (Wildman–Crippen MR) is 98.3 cm³/mol. The highest BCUT2D eigenvalue weighted by molar-refractivity contribution is 5.95. The van der Waals surface area contributed by atoms with E-state index in [-0.39, 0.29) is 18.3 Å². The first-order chi connectivity index (χ1) is 14.0. The number of hydrogen-bond acceptors (Lipinski definition) is 6. The quantitative estimate of drug-likeness (QED) is 0.741. The number of nitrogens with zero attached hydrogens (tertiary/aromatic N) is 2. The van der Waals surface area contributed by atoms with Crippen LogP contribution in [-0.2, 0) is 20.7 Å². The molecule has 0 N–H and O–H groups in total. The molecule has 0 saturated carbocycles. The molecule has 0 aliphatic carbocycles. The van der Waals surface area contributed by atoms with Gasteiger partial charge in [0.05, 0.1) is 31.3 Å². The van der Waals surface area contributed by atoms with Gasteiger partial charge in [-0.05, 0) is 17.7 Å². The number of benzene rings is 1. The number of ether oxygens (including phenoxy) is 1. The summed E-state index contributed by atoms with van der Waals surface area (Å²) in [6, 6.07) is 11.3. The van der Waals surface area contributed by atoms with Gasteiger partial charge in [-0.3, -0.25) is 14.5 Å². The summed E-state index contributed by atoms with van der Waals surface area (Å²) in [5.74, 6) is -1.89. The molecule has 2 fully saturated rings. The van der Waals surface area contributed by atoms with Gasteiger partial charge in [-0.1, -0.05) is 30.3 Å². The summed E-state index contributed by atoms with van der Waals surface area (Å²) in [7, 11) is 0. The molecule has 2 aliphatic heterocycles. The van der Waals surface area contributed by atoms with E-state index in [0.29, 0.717) is 32.4 Å². The zero-order valence-corrected chi connectivity index (χ0v) is 15.8. The number of amides is 2. The fourth-order valence-electron chi connectivity index (χ4n) is 4.05. The topological polar surface area (TPSA) is 103 Å². The average molecular weight is 397 g/mol. The van der Waals surface area contributed by atoms with Crippen molar-refractivity contribution in [2.24, 2.45) is 0 Å². The van der Waals surface area contributed by atoms with Crippen molar-refractivity contribution in [3.8, 4) is 0 Å². The molecular weight excluding hydrogens is 376 g/mol. The minimum Gasteiger partial charge on any atom is -0.548 e. The average Bonchev–Trinajstić information content (AvgIpc) is 3.38. The number of furan rings is 1. The molecule has 0 radical (unpaired) electrons. The van der Waals surface area contributed by atoms with Gasteiger partial charge >= 0.3 is 0 Å². The number of aliphatic carboxylic acids is 1. The molecule has 0 bridgehead atoms. The number of carboxylic acids is 1. The van der Waals surface area contributed by atoms with E-state index in [1.54, 1.807) is 11.0 Å². The highest BCUT2D eigenvalue weighted by Crippen LogP contribution is 2.38. The maximum Gasteiger partial charge on any atom is 0.292 e. The minimum absolute atomic E-state index is 0.00981. The van der Waals surface area contributed by atoms with E-state index >= 15 is 0 Å². The Labute approximate surface area is 167 Å². The molecule has 152 valence electrons.